The van der Waals surface area contributed by atoms with Crippen molar-refractivity contribution in [1.29, 1.82) is 0 Å². The number of carbonyl (C=O) groups is 1. The Labute approximate surface area is 182 Å². The molecule has 1 saturated heterocycles. The van der Waals surface area contributed by atoms with Crippen LogP contribution >= 0.6 is 0 Å². The monoisotopic (exact) mass is 435 g/mol. The number of hydrogen-bond acceptors (Lipinski definition) is 11. The molecular weight excluding hydrogens is 414 g/mol. The van der Waals surface area contributed by atoms with Crippen molar-refractivity contribution in [3.8, 4) is 11.6 Å². The molecule has 1 fully saturated rings. The lowest BCUT2D eigenvalue weighted by atomic mass is 10.2. The molecule has 4 aromatic heterocycles. The Kier molecular flexibility index (Phi) is 4.97. The number of nitrogens with one attached hydrogen (secondary N) is 1. The molecule has 13 heteroatoms. The minimum atomic E-state index is -0.552. The highest BCUT2D eigenvalue weighted by molar-refractivity contribution is 5.84. The van der Waals surface area contributed by atoms with Gasteiger partial charge in [0.25, 0.3) is 5.78 Å². The number of nitrogens with two attached hydrogens (primary N) is 1. The molecule has 1 atom stereocenters. The van der Waals surface area contributed by atoms with Gasteiger partial charge in [-0.2, -0.15) is 19.5 Å². The lowest BCUT2D eigenvalue weighted by Crippen LogP contribution is -2.52. The Hall–Kier alpha value is -4.29. The fourth-order valence-electron chi connectivity index (χ4n) is 3.49. The van der Waals surface area contributed by atoms with E-state index in [9.17, 15) is 4.79 Å². The van der Waals surface area contributed by atoms with E-state index in [0.717, 1.165) is 0 Å². The van der Waals surface area contributed by atoms with Crippen LogP contribution in [-0.2, 0) is 4.79 Å². The third-order valence-corrected chi connectivity index (χ3v) is 5.12. The highest BCUT2D eigenvalue weighted by Crippen LogP contribution is 2.18. The number of hydrogen-bond donors (Lipinski definition) is 2. The summed E-state index contributed by atoms with van der Waals surface area (Å²) in [4.78, 5) is 38.2. The van der Waals surface area contributed by atoms with Crippen molar-refractivity contribution in [3.63, 3.8) is 0 Å². The maximum absolute atomic E-state index is 12.9. The van der Waals surface area contributed by atoms with Crippen molar-refractivity contribution < 1.29 is 9.21 Å². The van der Waals surface area contributed by atoms with Crippen LogP contribution in [0.5, 0.6) is 0 Å². The summed E-state index contributed by atoms with van der Waals surface area (Å²) in [7, 11) is 0. The van der Waals surface area contributed by atoms with Crippen LogP contribution in [0.15, 0.2) is 41.3 Å². The Morgan fingerprint density at radius 2 is 1.91 bits per heavy atom. The second-order valence-corrected chi connectivity index (χ2v) is 7.26. The summed E-state index contributed by atoms with van der Waals surface area (Å²) in [5, 5.41) is 7.28. The maximum Gasteiger partial charge on any atom is 0.259 e. The fourth-order valence-corrected chi connectivity index (χ4v) is 3.49. The minimum absolute atomic E-state index is 0.0570. The Morgan fingerprint density at radius 1 is 1.12 bits per heavy atom. The van der Waals surface area contributed by atoms with Crippen molar-refractivity contribution in [2.75, 3.05) is 42.1 Å². The molecule has 0 aromatic carbocycles. The van der Waals surface area contributed by atoms with E-state index in [1.807, 2.05) is 0 Å². The molecule has 3 N–H and O–H groups in total. The summed E-state index contributed by atoms with van der Waals surface area (Å²) in [6.07, 6.45) is 4.95. The number of anilines is 3. The molecule has 32 heavy (non-hydrogen) atoms. The summed E-state index contributed by atoms with van der Waals surface area (Å²) >= 11 is 0. The normalized spacial score (nSPS) is 15.2. The number of nitrogens with zero attached hydrogens (tertiary/aromatic N) is 9. The first kappa shape index (κ1) is 19.7. The molecule has 5 rings (SSSR count). The molecular formula is C19H21N11O2. The van der Waals surface area contributed by atoms with Crippen LogP contribution in [0.25, 0.3) is 17.4 Å². The molecule has 1 amide bonds. The molecule has 0 saturated carbocycles. The van der Waals surface area contributed by atoms with Gasteiger partial charge in [-0.25, -0.2) is 9.97 Å². The molecule has 0 spiro atoms. The molecule has 1 aliphatic heterocycles. The molecule has 0 aliphatic carbocycles. The minimum Gasteiger partial charge on any atom is -0.461 e. The maximum atomic E-state index is 12.9. The number of carbonyl (C=O) groups excluding carboxylic acids is 1. The Balaban J connectivity index is 1.25. The molecule has 0 unspecified atom stereocenters. The quantitative estimate of drug-likeness (QED) is 0.444. The van der Waals surface area contributed by atoms with Crippen LogP contribution in [-0.4, -0.2) is 77.6 Å². The van der Waals surface area contributed by atoms with Gasteiger partial charge in [-0.3, -0.25) is 4.79 Å². The van der Waals surface area contributed by atoms with Gasteiger partial charge < -0.3 is 25.3 Å². The third-order valence-electron chi connectivity index (χ3n) is 5.12. The van der Waals surface area contributed by atoms with E-state index in [-0.39, 0.29) is 23.6 Å². The van der Waals surface area contributed by atoms with E-state index in [2.05, 4.69) is 40.2 Å². The van der Waals surface area contributed by atoms with Gasteiger partial charge in [0.05, 0.1) is 6.26 Å². The van der Waals surface area contributed by atoms with E-state index in [0.29, 0.717) is 43.7 Å². The van der Waals surface area contributed by atoms with E-state index in [4.69, 9.17) is 10.2 Å². The van der Waals surface area contributed by atoms with Crippen LogP contribution in [0, 0.1) is 0 Å². The van der Waals surface area contributed by atoms with E-state index in [1.165, 1.54) is 10.8 Å². The predicted octanol–water partition coefficient (Wildman–Crippen LogP) is 0.301. The highest BCUT2D eigenvalue weighted by atomic mass is 16.3. The topological polar surface area (TPSA) is 156 Å². The second kappa shape index (κ2) is 8.09. The number of aromatic nitrogens is 7. The molecule has 164 valence electrons. The third kappa shape index (κ3) is 3.75. The standard InChI is InChI=1S/C19H21N11O2/c1-12(15(31)28-7-9-29(10-8-28)18-21-5-3-6-22-18)23-17-25-16(20)30-19(26-17)24-14(27-30)13-4-2-11-32-13/h2-6,11-12H,7-10H2,1H3,(H3,20,23,24,25,26,27)/t12-/m0/s1. The molecule has 4 aromatic rings. The van der Waals surface area contributed by atoms with Gasteiger partial charge in [0.15, 0.2) is 5.76 Å². The van der Waals surface area contributed by atoms with Gasteiger partial charge >= 0.3 is 0 Å². The smallest absolute Gasteiger partial charge is 0.259 e. The fraction of sp³-hybridized carbons (Fsp3) is 0.316. The van der Waals surface area contributed by atoms with Gasteiger partial charge in [0, 0.05) is 38.6 Å². The first-order chi connectivity index (χ1) is 15.6. The summed E-state index contributed by atoms with van der Waals surface area (Å²) < 4.78 is 6.63. The summed E-state index contributed by atoms with van der Waals surface area (Å²) in [5.74, 6) is 2.00. The molecule has 0 bridgehead atoms. The van der Waals surface area contributed by atoms with Crippen LogP contribution in [0.3, 0.4) is 0 Å². The zero-order valence-corrected chi connectivity index (χ0v) is 17.3. The Morgan fingerprint density at radius 3 is 2.62 bits per heavy atom. The number of fused-ring (bicyclic) bond motifs is 1. The van der Waals surface area contributed by atoms with Gasteiger partial charge in [-0.05, 0) is 25.1 Å². The average Bonchev–Trinajstić information content (AvgIpc) is 3.49. The molecule has 0 radical (unpaired) electrons. The van der Waals surface area contributed by atoms with Gasteiger partial charge in [-0.15, -0.1) is 5.10 Å². The SMILES string of the molecule is C[C@H](Nc1nc(N)n2nc(-c3ccco3)nc2n1)C(=O)N1CCN(c2ncccn2)CC1. The first-order valence-corrected chi connectivity index (χ1v) is 10.1. The second-order valence-electron chi connectivity index (χ2n) is 7.26. The van der Waals surface area contributed by atoms with Crippen molar-refractivity contribution in [1.82, 2.24) is 39.4 Å². The van der Waals surface area contributed by atoms with Gasteiger partial charge in [0.2, 0.25) is 29.6 Å². The van der Waals surface area contributed by atoms with Gasteiger partial charge in [-0.1, -0.05) is 0 Å². The van der Waals surface area contributed by atoms with Crippen molar-refractivity contribution >= 4 is 29.5 Å². The summed E-state index contributed by atoms with van der Waals surface area (Å²) in [5.41, 5.74) is 6.01. The first-order valence-electron chi connectivity index (χ1n) is 10.1. The number of piperazine rings is 1. The van der Waals surface area contributed by atoms with E-state index in [1.54, 1.807) is 42.4 Å². The Bertz CT molecular complexity index is 1220. The van der Waals surface area contributed by atoms with Gasteiger partial charge in [0.1, 0.15) is 6.04 Å². The van der Waals surface area contributed by atoms with Crippen molar-refractivity contribution in [2.24, 2.45) is 0 Å². The van der Waals surface area contributed by atoms with Crippen LogP contribution in [0.1, 0.15) is 6.92 Å². The zero-order chi connectivity index (χ0) is 22.1. The summed E-state index contributed by atoms with van der Waals surface area (Å²) in [6.45, 7) is 4.22. The number of amides is 1. The van der Waals surface area contributed by atoms with Crippen LogP contribution < -0.4 is 16.0 Å². The van der Waals surface area contributed by atoms with Crippen LogP contribution in [0.2, 0.25) is 0 Å². The van der Waals surface area contributed by atoms with Crippen molar-refractivity contribution in [3.05, 3.63) is 36.9 Å². The predicted molar refractivity (Wildman–Crippen MR) is 115 cm³/mol. The largest absolute Gasteiger partial charge is 0.461 e. The highest BCUT2D eigenvalue weighted by Gasteiger charge is 2.26. The molecule has 5 heterocycles. The summed E-state index contributed by atoms with van der Waals surface area (Å²) in [6, 6.07) is 4.70. The van der Waals surface area contributed by atoms with Crippen LogP contribution in [0.4, 0.5) is 17.8 Å². The number of nitrogen functional groups attached to an aromatic ring is 1. The van der Waals surface area contributed by atoms with E-state index >= 15 is 0 Å². The molecule has 13 nitrogen and oxygen atoms in total. The number of furan rings is 1. The van der Waals surface area contributed by atoms with E-state index < -0.39 is 6.04 Å². The average molecular weight is 435 g/mol. The lowest BCUT2D eigenvalue weighted by Gasteiger charge is -2.35. The lowest BCUT2D eigenvalue weighted by molar-refractivity contribution is -0.131. The van der Waals surface area contributed by atoms with Crippen molar-refractivity contribution in [2.45, 2.75) is 13.0 Å². The number of rotatable bonds is 5. The zero-order valence-electron chi connectivity index (χ0n) is 17.3. The molecule has 1 aliphatic rings.